The van der Waals surface area contributed by atoms with Crippen LogP contribution in [-0.4, -0.2) is 58.9 Å². The van der Waals surface area contributed by atoms with E-state index in [1.165, 1.54) is 24.6 Å². The van der Waals surface area contributed by atoms with Gasteiger partial charge in [-0.25, -0.2) is 9.80 Å². The fourth-order valence-electron chi connectivity index (χ4n) is 2.30. The molecule has 1 aliphatic heterocycles. The zero-order valence-corrected chi connectivity index (χ0v) is 16.7. The van der Waals surface area contributed by atoms with Crippen LogP contribution in [0.5, 0.6) is 5.75 Å². The summed E-state index contributed by atoms with van der Waals surface area (Å²) in [5, 5.41) is 10.1. The van der Waals surface area contributed by atoms with Crippen molar-refractivity contribution < 1.29 is 22.7 Å². The van der Waals surface area contributed by atoms with Crippen molar-refractivity contribution in [2.24, 2.45) is 15.4 Å². The Morgan fingerprint density at radius 3 is 2.73 bits per heavy atom. The van der Waals surface area contributed by atoms with E-state index in [2.05, 4.69) is 19.6 Å². The standard InChI is InChI=1S/C15H22N4O5S2/c1-5-10-7-17-19(8-10)15(16-6-2)18-26(21,22)14-12(23-3)11(9-25-14)13(20)24-4/h7,9-10H,5-6,8H2,1-4H3,(H,16,18). The van der Waals surface area contributed by atoms with Gasteiger partial charge in [0.05, 0.1) is 20.8 Å². The van der Waals surface area contributed by atoms with Crippen LogP contribution in [0.1, 0.15) is 30.6 Å². The summed E-state index contributed by atoms with van der Waals surface area (Å²) < 4.78 is 39.1. The topological polar surface area (TPSA) is 110 Å². The summed E-state index contributed by atoms with van der Waals surface area (Å²) in [5.74, 6) is -0.373. The van der Waals surface area contributed by atoms with E-state index in [1.807, 2.05) is 13.8 Å². The highest BCUT2D eigenvalue weighted by Gasteiger charge is 2.30. The number of hydrogen-bond donors (Lipinski definition) is 1. The monoisotopic (exact) mass is 402 g/mol. The Labute approximate surface area is 156 Å². The summed E-state index contributed by atoms with van der Waals surface area (Å²) in [6.45, 7) is 4.89. The number of hydrazone groups is 1. The van der Waals surface area contributed by atoms with E-state index in [1.54, 1.807) is 6.21 Å². The lowest BCUT2D eigenvalue weighted by Crippen LogP contribution is -2.38. The maximum absolute atomic E-state index is 12.8. The van der Waals surface area contributed by atoms with Gasteiger partial charge in [-0.3, -0.25) is 0 Å². The van der Waals surface area contributed by atoms with Gasteiger partial charge in [-0.05, 0) is 13.3 Å². The van der Waals surface area contributed by atoms with Crippen molar-refractivity contribution in [2.75, 3.05) is 27.3 Å². The summed E-state index contributed by atoms with van der Waals surface area (Å²) >= 11 is 0.853. The van der Waals surface area contributed by atoms with E-state index in [4.69, 9.17) is 4.74 Å². The molecule has 0 radical (unpaired) electrons. The van der Waals surface area contributed by atoms with Gasteiger partial charge in [0.15, 0.2) is 9.96 Å². The van der Waals surface area contributed by atoms with E-state index in [0.717, 1.165) is 17.8 Å². The van der Waals surface area contributed by atoms with Crippen LogP contribution in [0.4, 0.5) is 0 Å². The van der Waals surface area contributed by atoms with Crippen LogP contribution >= 0.6 is 11.3 Å². The van der Waals surface area contributed by atoms with Crippen molar-refractivity contribution in [3.05, 3.63) is 10.9 Å². The molecule has 1 aliphatic rings. The average Bonchev–Trinajstić information content (AvgIpc) is 3.27. The van der Waals surface area contributed by atoms with Crippen molar-refractivity contribution in [3.63, 3.8) is 0 Å². The van der Waals surface area contributed by atoms with Gasteiger partial charge in [0.1, 0.15) is 5.56 Å². The van der Waals surface area contributed by atoms with Crippen LogP contribution in [-0.2, 0) is 14.8 Å². The lowest BCUT2D eigenvalue weighted by molar-refractivity contribution is 0.0597. The number of methoxy groups -OCH3 is 2. The molecule has 0 saturated carbocycles. The minimum absolute atomic E-state index is 0.0454. The molecule has 0 aliphatic carbocycles. The first kappa shape index (κ1) is 20.2. The van der Waals surface area contributed by atoms with Crippen molar-refractivity contribution in [1.82, 2.24) is 10.3 Å². The van der Waals surface area contributed by atoms with E-state index in [-0.39, 0.29) is 27.4 Å². The molecule has 1 aromatic heterocycles. The smallest absolute Gasteiger partial charge is 0.342 e. The molecular formula is C15H22N4O5S2. The number of nitrogens with one attached hydrogen (secondary N) is 1. The first-order valence-electron chi connectivity index (χ1n) is 8.02. The van der Waals surface area contributed by atoms with Gasteiger partial charge in [0.2, 0.25) is 5.96 Å². The molecule has 0 amide bonds. The molecule has 1 aromatic rings. The Kier molecular flexibility index (Phi) is 6.59. The van der Waals surface area contributed by atoms with Crippen molar-refractivity contribution in [1.29, 1.82) is 0 Å². The molecule has 0 bridgehead atoms. The number of carbonyl (C=O) groups excluding carboxylic acids is 1. The summed E-state index contributed by atoms with van der Waals surface area (Å²) in [6, 6.07) is 0. The number of ether oxygens (including phenoxy) is 2. The zero-order valence-electron chi connectivity index (χ0n) is 15.1. The Hall–Kier alpha value is -2.14. The third-order valence-electron chi connectivity index (χ3n) is 3.69. The number of nitrogens with zero attached hydrogens (tertiary/aromatic N) is 3. The number of hydrogen-bond acceptors (Lipinski definition) is 7. The predicted molar refractivity (Wildman–Crippen MR) is 99.5 cm³/mol. The molecule has 11 heteroatoms. The number of rotatable bonds is 6. The summed E-state index contributed by atoms with van der Waals surface area (Å²) in [7, 11) is -1.61. The van der Waals surface area contributed by atoms with Gasteiger partial charge in [-0.15, -0.1) is 15.7 Å². The molecule has 0 aromatic carbocycles. The molecule has 1 atom stereocenters. The van der Waals surface area contributed by atoms with Crippen LogP contribution < -0.4 is 10.1 Å². The normalized spacial score (nSPS) is 17.5. The molecule has 0 fully saturated rings. The van der Waals surface area contributed by atoms with Gasteiger partial charge in [-0.2, -0.15) is 13.5 Å². The first-order valence-corrected chi connectivity index (χ1v) is 10.3. The molecule has 0 saturated heterocycles. The Morgan fingerprint density at radius 1 is 1.46 bits per heavy atom. The average molecular weight is 402 g/mol. The summed E-state index contributed by atoms with van der Waals surface area (Å²) in [6.07, 6.45) is 2.67. The fourth-order valence-corrected chi connectivity index (χ4v) is 4.67. The third kappa shape index (κ3) is 4.15. The van der Waals surface area contributed by atoms with Crippen LogP contribution in [0.15, 0.2) is 19.1 Å². The SMILES string of the molecule is CCN/C(=N\S(=O)(=O)c1scc(C(=O)OC)c1OC)N1CC(CC)C=N1. The van der Waals surface area contributed by atoms with Crippen LogP contribution in [0.3, 0.4) is 0 Å². The Morgan fingerprint density at radius 2 is 2.19 bits per heavy atom. The number of esters is 1. The first-order chi connectivity index (χ1) is 12.4. The van der Waals surface area contributed by atoms with Crippen LogP contribution in [0.25, 0.3) is 0 Å². The van der Waals surface area contributed by atoms with Crippen LogP contribution in [0.2, 0.25) is 0 Å². The van der Waals surface area contributed by atoms with E-state index in [9.17, 15) is 13.2 Å². The predicted octanol–water partition coefficient (Wildman–Crippen LogP) is 1.53. The summed E-state index contributed by atoms with van der Waals surface area (Å²) in [5.41, 5.74) is 0.0454. The molecule has 1 N–H and O–H groups in total. The molecule has 144 valence electrons. The Balaban J connectivity index is 2.42. The van der Waals surface area contributed by atoms with E-state index >= 15 is 0 Å². The molecule has 2 rings (SSSR count). The second kappa shape index (κ2) is 8.49. The molecule has 2 heterocycles. The molecule has 26 heavy (non-hydrogen) atoms. The van der Waals surface area contributed by atoms with E-state index < -0.39 is 16.0 Å². The van der Waals surface area contributed by atoms with Gasteiger partial charge in [0, 0.05) is 24.1 Å². The minimum Gasteiger partial charge on any atom is -0.493 e. The Bertz CT molecular complexity index is 816. The number of carbonyl (C=O) groups is 1. The quantitative estimate of drug-likeness (QED) is 0.436. The lowest BCUT2D eigenvalue weighted by Gasteiger charge is -2.18. The maximum atomic E-state index is 12.8. The van der Waals surface area contributed by atoms with Gasteiger partial charge in [0.25, 0.3) is 10.0 Å². The largest absolute Gasteiger partial charge is 0.493 e. The minimum atomic E-state index is -4.11. The fraction of sp³-hybridized carbons (Fsp3) is 0.533. The molecular weight excluding hydrogens is 380 g/mol. The van der Waals surface area contributed by atoms with E-state index in [0.29, 0.717) is 13.1 Å². The molecule has 9 nitrogen and oxygen atoms in total. The summed E-state index contributed by atoms with van der Waals surface area (Å²) in [4.78, 5) is 11.8. The van der Waals surface area contributed by atoms with Gasteiger partial charge in [-0.1, -0.05) is 6.92 Å². The molecule has 0 spiro atoms. The number of sulfonamides is 1. The molecule has 1 unspecified atom stereocenters. The highest BCUT2D eigenvalue weighted by molar-refractivity contribution is 7.92. The number of thiophene rings is 1. The number of guanidine groups is 1. The van der Waals surface area contributed by atoms with Crippen LogP contribution in [0, 0.1) is 5.92 Å². The van der Waals surface area contributed by atoms with Crippen molar-refractivity contribution in [3.8, 4) is 5.75 Å². The second-order valence-electron chi connectivity index (χ2n) is 5.40. The van der Waals surface area contributed by atoms with Crippen molar-refractivity contribution >= 4 is 39.5 Å². The second-order valence-corrected chi connectivity index (χ2v) is 8.08. The lowest BCUT2D eigenvalue weighted by atomic mass is 10.1. The highest BCUT2D eigenvalue weighted by atomic mass is 32.2. The van der Waals surface area contributed by atoms with Gasteiger partial charge >= 0.3 is 5.97 Å². The van der Waals surface area contributed by atoms with Gasteiger partial charge < -0.3 is 14.8 Å². The maximum Gasteiger partial charge on any atom is 0.342 e. The zero-order chi connectivity index (χ0) is 19.3. The third-order valence-corrected chi connectivity index (χ3v) is 6.43. The highest BCUT2D eigenvalue weighted by Crippen LogP contribution is 2.36. The van der Waals surface area contributed by atoms with Crippen molar-refractivity contribution in [2.45, 2.75) is 24.5 Å².